The molecular weight excluding hydrogens is 674 g/mol. The van der Waals surface area contributed by atoms with E-state index >= 15 is 0 Å². The Hall–Kier alpha value is -3.34. The summed E-state index contributed by atoms with van der Waals surface area (Å²) >= 11 is 6.45. The van der Waals surface area contributed by atoms with Gasteiger partial charge in [0.05, 0.1) is 23.6 Å². The van der Waals surface area contributed by atoms with Gasteiger partial charge >= 0.3 is 6.09 Å². The Morgan fingerprint density at radius 3 is 2.54 bits per heavy atom. The lowest BCUT2D eigenvalue weighted by atomic mass is 9.70. The highest BCUT2D eigenvalue weighted by molar-refractivity contribution is 7.93. The van der Waals surface area contributed by atoms with Crippen LogP contribution in [0.25, 0.3) is 0 Å². The number of hydrogen-bond acceptors (Lipinski definition) is 7. The Morgan fingerprint density at radius 1 is 1.14 bits per heavy atom. The minimum absolute atomic E-state index is 0.0534. The Balaban J connectivity index is 1.80. The second-order valence-corrected chi connectivity index (χ2v) is 17.2. The summed E-state index contributed by atoms with van der Waals surface area (Å²) in [7, 11) is -1.91. The predicted octanol–water partition coefficient (Wildman–Crippen LogP) is 8.94. The van der Waals surface area contributed by atoms with E-state index in [1.807, 2.05) is 25.1 Å². The minimum Gasteiger partial charge on any atom is -0.491 e. The molecule has 0 saturated heterocycles. The number of rotatable bonds is 11. The van der Waals surface area contributed by atoms with Crippen molar-refractivity contribution in [3.8, 4) is 5.75 Å². The number of nitrogens with zero attached hydrogens (tertiary/aromatic N) is 2. The molecule has 9 nitrogen and oxygen atoms in total. The molecule has 6 atom stereocenters. The van der Waals surface area contributed by atoms with Gasteiger partial charge in [0.25, 0.3) is 5.91 Å². The molecule has 2 amide bonds. The van der Waals surface area contributed by atoms with Gasteiger partial charge in [0.15, 0.2) is 0 Å². The second-order valence-electron chi connectivity index (χ2n) is 14.5. The molecule has 1 saturated carbocycles. The molecule has 1 N–H and O–H groups in total. The monoisotopic (exact) mass is 727 g/mol. The maximum absolute atomic E-state index is 14.5. The van der Waals surface area contributed by atoms with E-state index in [9.17, 15) is 13.8 Å². The SMILES string of the molecule is C=CCC(C)C(C)S(=O)(=NC(=O)c1ccc2c(c1)N(CC1CCC1C(C=C)OC)Cc1ccc(Cl)cc1CCCCO2)NC(=O)OC(C)(C)C. The third-order valence-corrected chi connectivity index (χ3v) is 12.3. The molecule has 11 heteroatoms. The number of carbonyl (C=O) groups is 2. The first-order chi connectivity index (χ1) is 23.7. The van der Waals surface area contributed by atoms with E-state index in [2.05, 4.69) is 33.2 Å². The Bertz CT molecular complexity index is 1660. The second kappa shape index (κ2) is 17.2. The van der Waals surface area contributed by atoms with E-state index in [0.717, 1.165) is 43.4 Å². The number of allylic oxidation sites excluding steroid dienone is 1. The molecule has 0 spiro atoms. The summed E-state index contributed by atoms with van der Waals surface area (Å²) in [6.45, 7) is 18.3. The summed E-state index contributed by atoms with van der Waals surface area (Å²) in [4.78, 5) is 29.2. The number of methoxy groups -OCH3 is 1. The van der Waals surface area contributed by atoms with Crippen LogP contribution in [0.15, 0.2) is 66.1 Å². The van der Waals surface area contributed by atoms with Crippen molar-refractivity contribution >= 4 is 39.2 Å². The Kier molecular flexibility index (Phi) is 13.6. The molecule has 1 fully saturated rings. The topological polar surface area (TPSA) is 107 Å². The van der Waals surface area contributed by atoms with Gasteiger partial charge in [-0.15, -0.1) is 17.5 Å². The summed E-state index contributed by atoms with van der Waals surface area (Å²) in [6.07, 6.45) is 7.90. The first kappa shape index (κ1) is 39.4. The number of halogens is 1. The summed E-state index contributed by atoms with van der Waals surface area (Å²) < 4.78 is 38.7. The number of fused-ring (bicyclic) bond motifs is 2. The van der Waals surface area contributed by atoms with Crippen LogP contribution in [0.4, 0.5) is 10.5 Å². The number of carbonyl (C=O) groups excluding carboxylic acids is 2. The maximum atomic E-state index is 14.5. The number of amides is 2. The smallest absolute Gasteiger partial charge is 0.420 e. The highest BCUT2D eigenvalue weighted by atomic mass is 35.5. The van der Waals surface area contributed by atoms with Gasteiger partial charge in [0, 0.05) is 30.8 Å². The molecule has 50 heavy (non-hydrogen) atoms. The number of ether oxygens (including phenoxy) is 3. The van der Waals surface area contributed by atoms with Gasteiger partial charge in [-0.25, -0.2) is 13.7 Å². The fraction of sp³-hybridized carbons (Fsp3) is 0.538. The number of anilines is 1. The third kappa shape index (κ3) is 10.1. The van der Waals surface area contributed by atoms with Crippen molar-refractivity contribution in [1.82, 2.24) is 4.72 Å². The highest BCUT2D eigenvalue weighted by Crippen LogP contribution is 2.42. The average Bonchev–Trinajstić information content (AvgIpc) is 3.07. The molecule has 2 aromatic rings. The van der Waals surface area contributed by atoms with Crippen LogP contribution in [-0.4, -0.2) is 53.4 Å². The van der Waals surface area contributed by atoms with Gasteiger partial charge in [-0.2, -0.15) is 0 Å². The molecule has 0 bridgehead atoms. The van der Waals surface area contributed by atoms with Crippen molar-refractivity contribution in [3.63, 3.8) is 0 Å². The zero-order chi connectivity index (χ0) is 36.6. The lowest BCUT2D eigenvalue weighted by molar-refractivity contribution is 0.0137. The fourth-order valence-electron chi connectivity index (χ4n) is 6.60. The van der Waals surface area contributed by atoms with Crippen molar-refractivity contribution in [3.05, 3.63) is 83.4 Å². The molecule has 274 valence electrons. The van der Waals surface area contributed by atoms with Crippen molar-refractivity contribution in [1.29, 1.82) is 0 Å². The summed E-state index contributed by atoms with van der Waals surface area (Å²) in [6, 6.07) is 11.2. The van der Waals surface area contributed by atoms with Gasteiger partial charge < -0.3 is 19.1 Å². The predicted molar refractivity (Wildman–Crippen MR) is 202 cm³/mol. The van der Waals surface area contributed by atoms with Gasteiger partial charge in [0.2, 0.25) is 0 Å². The third-order valence-electron chi connectivity index (χ3n) is 9.72. The van der Waals surface area contributed by atoms with Gasteiger partial charge in [-0.1, -0.05) is 36.7 Å². The largest absolute Gasteiger partial charge is 0.491 e. The van der Waals surface area contributed by atoms with Crippen molar-refractivity contribution < 1.29 is 28.0 Å². The molecule has 1 aliphatic carbocycles. The van der Waals surface area contributed by atoms with Crippen molar-refractivity contribution in [2.24, 2.45) is 22.1 Å². The van der Waals surface area contributed by atoms with E-state index in [1.165, 1.54) is 5.56 Å². The number of aryl methyl sites for hydroxylation is 1. The fourth-order valence-corrected chi connectivity index (χ4v) is 8.57. The van der Waals surface area contributed by atoms with Crippen molar-refractivity contribution in [2.45, 2.75) is 96.6 Å². The van der Waals surface area contributed by atoms with Crippen LogP contribution in [0.5, 0.6) is 5.75 Å². The molecule has 6 unspecified atom stereocenters. The highest BCUT2D eigenvalue weighted by Gasteiger charge is 2.38. The van der Waals surface area contributed by atoms with Crippen molar-refractivity contribution in [2.75, 3.05) is 25.2 Å². The molecular formula is C39H54ClN3O6S. The van der Waals surface area contributed by atoms with Crippen LogP contribution in [0.1, 0.15) is 88.2 Å². The average molecular weight is 728 g/mol. The molecule has 0 radical (unpaired) electrons. The molecule has 0 aromatic heterocycles. The summed E-state index contributed by atoms with van der Waals surface area (Å²) in [5.74, 6) is 0.383. The zero-order valence-corrected chi connectivity index (χ0v) is 32.0. The number of benzene rings is 2. The number of hydrogen-bond donors (Lipinski definition) is 1. The normalized spacial score (nSPS) is 20.8. The molecule has 4 rings (SSSR count). The first-order valence-corrected chi connectivity index (χ1v) is 19.5. The zero-order valence-electron chi connectivity index (χ0n) is 30.4. The maximum Gasteiger partial charge on any atom is 0.420 e. The minimum atomic E-state index is -3.63. The van der Waals surface area contributed by atoms with Gasteiger partial charge in [-0.3, -0.25) is 4.79 Å². The Labute approximate surface area is 304 Å². The first-order valence-electron chi connectivity index (χ1n) is 17.5. The van der Waals surface area contributed by atoms with Crippen LogP contribution < -0.4 is 14.4 Å². The van der Waals surface area contributed by atoms with Crippen LogP contribution in [0.2, 0.25) is 5.02 Å². The lowest BCUT2D eigenvalue weighted by Gasteiger charge is -2.43. The number of nitrogens with one attached hydrogen (secondary N) is 1. The van der Waals surface area contributed by atoms with E-state index < -0.39 is 32.8 Å². The van der Waals surface area contributed by atoms with E-state index in [1.54, 1.807) is 59.1 Å². The van der Waals surface area contributed by atoms with Crippen LogP contribution in [0.3, 0.4) is 0 Å². The van der Waals surface area contributed by atoms with E-state index in [4.69, 9.17) is 25.8 Å². The van der Waals surface area contributed by atoms with E-state index in [0.29, 0.717) is 48.7 Å². The Morgan fingerprint density at radius 2 is 1.90 bits per heavy atom. The van der Waals surface area contributed by atoms with Crippen LogP contribution in [0, 0.1) is 17.8 Å². The molecule has 1 aliphatic heterocycles. The molecule has 2 aliphatic rings. The van der Waals surface area contributed by atoms with Crippen LogP contribution in [-0.2, 0) is 32.4 Å². The molecule has 2 aromatic carbocycles. The van der Waals surface area contributed by atoms with Gasteiger partial charge in [0.1, 0.15) is 21.3 Å². The summed E-state index contributed by atoms with van der Waals surface area (Å²) in [5, 5.41) is 0.0131. The van der Waals surface area contributed by atoms with Gasteiger partial charge in [-0.05, 0) is 125 Å². The van der Waals surface area contributed by atoms with Crippen LogP contribution >= 0.6 is 11.6 Å². The quantitative estimate of drug-likeness (QED) is 0.230. The lowest BCUT2D eigenvalue weighted by Crippen LogP contribution is -2.43. The standard InChI is InChI=1S/C39H54ClN3O6S/c1-9-13-26(3)27(4)50(46,42-38(45)49-39(5,6)7)41-37(44)29-17-20-36-34(23-29)43(25-31-16-19-33(31)35(10-2)47-8)24-30-15-18-32(40)22-28(30)14-11-12-21-48-36/h9-10,15,17-18,20,22-23,26-27,31,33,35H,1-2,11-14,16,19,21,24-25H2,3-8H3,(H,41,42,44,45,46). The summed E-state index contributed by atoms with van der Waals surface area (Å²) in [5.41, 5.74) is 2.48. The van der Waals surface area contributed by atoms with E-state index in [-0.39, 0.29) is 17.6 Å². The molecule has 1 heterocycles.